The van der Waals surface area contributed by atoms with Gasteiger partial charge < -0.3 is 20.9 Å². The molecule has 0 bridgehead atoms. The highest BCUT2D eigenvalue weighted by molar-refractivity contribution is 6.05. The van der Waals surface area contributed by atoms with Gasteiger partial charge in [0, 0.05) is 22.9 Å². The second-order valence-electron chi connectivity index (χ2n) is 10.9. The number of nitrogens with two attached hydrogens (primary N) is 1. The molecule has 0 spiro atoms. The van der Waals surface area contributed by atoms with Crippen molar-refractivity contribution in [2.75, 3.05) is 17.7 Å². The standard InChI is InChI=1S/C31H31N7O4/c32-29-28-24(16-25(37(28)34-18-33-29)20-8-12-23(39)13-9-20)19-6-10-21(11-7-19)35-30(40)27-26-17-42-15-14-36(26)38(31(27)41)22-4-2-1-3-5-22/h1-7,10-11,16,18,20,23,39H,8-9,12-15,17H2,(H,35,40)(H2,32,33,34)/t20-,23-. The molecule has 1 aliphatic carbocycles. The number of amides is 1. The Kier molecular flexibility index (Phi) is 6.60. The molecular weight excluding hydrogens is 534 g/mol. The molecular formula is C31H31N7O4. The zero-order valence-electron chi connectivity index (χ0n) is 22.9. The predicted molar refractivity (Wildman–Crippen MR) is 158 cm³/mol. The minimum absolute atomic E-state index is 0.0771. The molecule has 4 N–H and O–H groups in total. The van der Waals surface area contributed by atoms with E-state index in [4.69, 9.17) is 10.5 Å². The van der Waals surface area contributed by atoms with E-state index >= 15 is 0 Å². The van der Waals surface area contributed by atoms with Crippen LogP contribution in [0.2, 0.25) is 0 Å². The van der Waals surface area contributed by atoms with E-state index in [0.29, 0.717) is 36.0 Å². The number of carbonyl (C=O) groups excluding carboxylic acids is 1. The van der Waals surface area contributed by atoms with Crippen LogP contribution in [0.25, 0.3) is 22.3 Å². The fourth-order valence-electron chi connectivity index (χ4n) is 6.25. The normalized spacial score (nSPS) is 18.6. The van der Waals surface area contributed by atoms with Crippen LogP contribution < -0.4 is 16.6 Å². The van der Waals surface area contributed by atoms with Crippen molar-refractivity contribution in [1.29, 1.82) is 0 Å². The lowest BCUT2D eigenvalue weighted by Gasteiger charge is -2.24. The van der Waals surface area contributed by atoms with Gasteiger partial charge in [0.1, 0.15) is 17.4 Å². The van der Waals surface area contributed by atoms with Gasteiger partial charge in [-0.25, -0.2) is 14.2 Å². The number of anilines is 2. The third kappa shape index (κ3) is 4.47. The molecule has 7 rings (SSSR count). The molecule has 0 unspecified atom stereocenters. The molecule has 42 heavy (non-hydrogen) atoms. The fraction of sp³-hybridized carbons (Fsp3) is 0.290. The molecule has 0 atom stereocenters. The molecule has 5 aromatic rings. The van der Waals surface area contributed by atoms with E-state index in [1.54, 1.807) is 4.68 Å². The summed E-state index contributed by atoms with van der Waals surface area (Å²) >= 11 is 0. The van der Waals surface area contributed by atoms with Gasteiger partial charge in [-0.2, -0.15) is 5.10 Å². The van der Waals surface area contributed by atoms with Gasteiger partial charge in [0.25, 0.3) is 11.5 Å². The zero-order chi connectivity index (χ0) is 28.8. The second-order valence-corrected chi connectivity index (χ2v) is 10.9. The van der Waals surface area contributed by atoms with E-state index in [9.17, 15) is 14.7 Å². The van der Waals surface area contributed by atoms with Crippen LogP contribution in [0.5, 0.6) is 0 Å². The van der Waals surface area contributed by atoms with E-state index < -0.39 is 5.91 Å². The van der Waals surface area contributed by atoms with Crippen LogP contribution in [-0.4, -0.2) is 47.7 Å². The van der Waals surface area contributed by atoms with Crippen LogP contribution in [0, 0.1) is 0 Å². The van der Waals surface area contributed by atoms with Crippen molar-refractivity contribution in [3.05, 3.63) is 94.3 Å². The Bertz CT molecular complexity index is 1830. The monoisotopic (exact) mass is 565 g/mol. The van der Waals surface area contributed by atoms with Gasteiger partial charge in [0.15, 0.2) is 5.82 Å². The number of benzene rings is 2. The summed E-state index contributed by atoms with van der Waals surface area (Å²) in [5.41, 5.74) is 11.4. The van der Waals surface area contributed by atoms with Crippen molar-refractivity contribution in [2.24, 2.45) is 0 Å². The number of para-hydroxylation sites is 1. The van der Waals surface area contributed by atoms with Gasteiger partial charge in [-0.1, -0.05) is 30.3 Å². The van der Waals surface area contributed by atoms with Gasteiger partial charge in [0.2, 0.25) is 0 Å². The number of fused-ring (bicyclic) bond motifs is 2. The Morgan fingerprint density at radius 1 is 1.05 bits per heavy atom. The number of rotatable bonds is 5. The smallest absolute Gasteiger partial charge is 0.284 e. The number of nitrogens with one attached hydrogen (secondary N) is 1. The number of ether oxygens (including phenoxy) is 1. The van der Waals surface area contributed by atoms with E-state index in [-0.39, 0.29) is 29.8 Å². The first-order chi connectivity index (χ1) is 20.5. The molecule has 0 radical (unpaired) electrons. The quantitative estimate of drug-likeness (QED) is 0.295. The highest BCUT2D eigenvalue weighted by Gasteiger charge is 2.29. The minimum Gasteiger partial charge on any atom is -0.393 e. The average molecular weight is 566 g/mol. The number of nitrogen functional groups attached to an aromatic ring is 1. The number of nitrogens with zero attached hydrogens (tertiary/aromatic N) is 5. The lowest BCUT2D eigenvalue weighted by molar-refractivity contribution is 0.0756. The molecule has 1 fully saturated rings. The average Bonchev–Trinajstić information content (AvgIpc) is 3.54. The molecule has 4 heterocycles. The van der Waals surface area contributed by atoms with E-state index in [1.165, 1.54) is 6.33 Å². The number of hydrogen-bond donors (Lipinski definition) is 3. The number of aliphatic hydroxyl groups excluding tert-OH is 1. The maximum atomic E-state index is 13.5. The van der Waals surface area contributed by atoms with Crippen molar-refractivity contribution in [3.63, 3.8) is 0 Å². The third-order valence-electron chi connectivity index (χ3n) is 8.34. The first kappa shape index (κ1) is 26.2. The summed E-state index contributed by atoms with van der Waals surface area (Å²) in [7, 11) is 0. The molecule has 11 heteroatoms. The van der Waals surface area contributed by atoms with Crippen LogP contribution in [0.3, 0.4) is 0 Å². The highest BCUT2D eigenvalue weighted by Crippen LogP contribution is 2.38. The molecule has 1 saturated carbocycles. The summed E-state index contributed by atoms with van der Waals surface area (Å²) in [6.45, 7) is 1.12. The van der Waals surface area contributed by atoms with Gasteiger partial charge in [0.05, 0.1) is 37.2 Å². The van der Waals surface area contributed by atoms with Crippen molar-refractivity contribution in [1.82, 2.24) is 24.0 Å². The lowest BCUT2D eigenvalue weighted by Crippen LogP contribution is -2.26. The Morgan fingerprint density at radius 3 is 2.57 bits per heavy atom. The maximum absolute atomic E-state index is 13.5. The van der Waals surface area contributed by atoms with E-state index in [2.05, 4.69) is 21.5 Å². The summed E-state index contributed by atoms with van der Waals surface area (Å²) in [5.74, 6) is 0.167. The van der Waals surface area contributed by atoms with Gasteiger partial charge in [-0.15, -0.1) is 0 Å². The summed E-state index contributed by atoms with van der Waals surface area (Å²) in [4.78, 5) is 31.2. The van der Waals surface area contributed by atoms with Crippen molar-refractivity contribution in [2.45, 2.75) is 50.9 Å². The van der Waals surface area contributed by atoms with Crippen LogP contribution in [0.4, 0.5) is 11.5 Å². The third-order valence-corrected chi connectivity index (χ3v) is 8.34. The summed E-state index contributed by atoms with van der Waals surface area (Å²) in [5, 5.41) is 17.4. The van der Waals surface area contributed by atoms with Gasteiger partial charge in [-0.05, 0) is 61.6 Å². The van der Waals surface area contributed by atoms with Crippen molar-refractivity contribution < 1.29 is 14.6 Å². The second kappa shape index (κ2) is 10.6. The van der Waals surface area contributed by atoms with Gasteiger partial charge >= 0.3 is 0 Å². The number of aliphatic hydroxyl groups is 1. The van der Waals surface area contributed by atoms with Crippen molar-refractivity contribution >= 4 is 22.9 Å². The number of hydrogen-bond acceptors (Lipinski definition) is 7. The Hall–Kier alpha value is -4.74. The number of carbonyl (C=O) groups is 1. The lowest BCUT2D eigenvalue weighted by atomic mass is 9.85. The van der Waals surface area contributed by atoms with Crippen LogP contribution in [-0.2, 0) is 17.9 Å². The van der Waals surface area contributed by atoms with Crippen LogP contribution >= 0.6 is 0 Å². The fourth-order valence-corrected chi connectivity index (χ4v) is 6.25. The van der Waals surface area contributed by atoms with Crippen LogP contribution in [0.15, 0.2) is 71.8 Å². The summed E-state index contributed by atoms with van der Waals surface area (Å²) < 4.78 is 10.9. The predicted octanol–water partition coefficient (Wildman–Crippen LogP) is 3.73. The first-order valence-electron chi connectivity index (χ1n) is 14.2. The first-order valence-corrected chi connectivity index (χ1v) is 14.2. The van der Waals surface area contributed by atoms with E-state index in [1.807, 2.05) is 63.8 Å². The number of aromatic nitrogens is 5. The molecule has 2 aliphatic rings. The molecule has 214 valence electrons. The Labute approximate surface area is 241 Å². The van der Waals surface area contributed by atoms with E-state index in [0.717, 1.165) is 48.0 Å². The maximum Gasteiger partial charge on any atom is 0.284 e. The molecule has 1 amide bonds. The topological polar surface area (TPSA) is 142 Å². The van der Waals surface area contributed by atoms with Crippen LogP contribution in [0.1, 0.15) is 53.3 Å². The SMILES string of the molecule is Nc1ncnn2c1c(-c1ccc(NC(=O)c3c4n(n(-c5ccccc5)c3=O)CCOC4)cc1)cc2[C@H]1CC[C@H](O)CC1. The Morgan fingerprint density at radius 2 is 1.81 bits per heavy atom. The molecule has 2 aromatic carbocycles. The summed E-state index contributed by atoms with van der Waals surface area (Å²) in [6.07, 6.45) is 4.49. The highest BCUT2D eigenvalue weighted by atomic mass is 16.5. The molecule has 3 aromatic heterocycles. The zero-order valence-corrected chi connectivity index (χ0v) is 22.9. The minimum atomic E-state index is -0.481. The van der Waals surface area contributed by atoms with Gasteiger partial charge in [-0.3, -0.25) is 14.3 Å². The summed E-state index contributed by atoms with van der Waals surface area (Å²) in [6, 6.07) is 18.8. The molecule has 1 aliphatic heterocycles. The van der Waals surface area contributed by atoms with Crippen molar-refractivity contribution in [3.8, 4) is 16.8 Å². The largest absolute Gasteiger partial charge is 0.393 e. The molecule has 11 nitrogen and oxygen atoms in total. The molecule has 0 saturated heterocycles. The Balaban J connectivity index is 1.19.